The minimum atomic E-state index is -0.833. The van der Waals surface area contributed by atoms with Crippen LogP contribution in [0.4, 0.5) is 0 Å². The summed E-state index contributed by atoms with van der Waals surface area (Å²) in [4.78, 5) is 19.8. The molecule has 1 N–H and O–H groups in total. The van der Waals surface area contributed by atoms with Crippen molar-refractivity contribution in [3.8, 4) is 0 Å². The number of thiazole rings is 1. The number of thioether (sulfide) groups is 1. The molecule has 0 saturated carbocycles. The molecular weight excluding hydrogens is 304 g/mol. The molecule has 0 spiro atoms. The number of aliphatic carboxylic acids is 1. The number of carbonyl (C=O) groups is 1. The fourth-order valence-corrected chi connectivity index (χ4v) is 3.92. The molecule has 0 saturated heterocycles. The second-order valence-corrected chi connectivity index (χ2v) is 6.53. The lowest BCUT2D eigenvalue weighted by atomic mass is 10.3. The molecule has 2 aromatic rings. The standard InChI is InChI=1S/C12H11ClN2O2S2/c1-7-10(4-11(16)17)19-12(15-7)18-6-8-2-3-14-5-9(8)13/h2-3,5H,4,6H2,1H3,(H,16,17). The van der Waals surface area contributed by atoms with Crippen molar-refractivity contribution in [3.05, 3.63) is 39.6 Å². The molecule has 0 aliphatic rings. The zero-order valence-electron chi connectivity index (χ0n) is 10.1. The molecule has 19 heavy (non-hydrogen) atoms. The molecule has 0 aliphatic carbocycles. The largest absolute Gasteiger partial charge is 0.481 e. The molecule has 2 rings (SSSR count). The van der Waals surface area contributed by atoms with Crippen molar-refractivity contribution >= 4 is 40.7 Å². The fourth-order valence-electron chi connectivity index (χ4n) is 1.42. The van der Waals surface area contributed by atoms with E-state index in [1.807, 2.05) is 13.0 Å². The van der Waals surface area contributed by atoms with E-state index in [-0.39, 0.29) is 6.42 Å². The van der Waals surface area contributed by atoms with E-state index < -0.39 is 5.97 Å². The van der Waals surface area contributed by atoms with E-state index in [0.29, 0.717) is 10.8 Å². The number of nitrogens with zero attached hydrogens (tertiary/aromatic N) is 2. The van der Waals surface area contributed by atoms with E-state index in [2.05, 4.69) is 9.97 Å². The van der Waals surface area contributed by atoms with E-state index >= 15 is 0 Å². The van der Waals surface area contributed by atoms with Gasteiger partial charge in [-0.15, -0.1) is 11.3 Å². The summed E-state index contributed by atoms with van der Waals surface area (Å²) in [5.74, 6) is -0.138. The molecule has 7 heteroatoms. The molecule has 4 nitrogen and oxygen atoms in total. The second kappa shape index (κ2) is 6.36. The highest BCUT2D eigenvalue weighted by atomic mass is 35.5. The van der Waals surface area contributed by atoms with Crippen molar-refractivity contribution in [2.45, 2.75) is 23.4 Å². The maximum atomic E-state index is 10.7. The van der Waals surface area contributed by atoms with Crippen LogP contribution >= 0.6 is 34.7 Å². The molecule has 0 fully saturated rings. The van der Waals surface area contributed by atoms with Crippen LogP contribution in [0, 0.1) is 6.92 Å². The van der Waals surface area contributed by atoms with Gasteiger partial charge in [0.15, 0.2) is 4.34 Å². The summed E-state index contributed by atoms with van der Waals surface area (Å²) in [6, 6.07) is 1.87. The van der Waals surface area contributed by atoms with Crippen LogP contribution in [0.15, 0.2) is 22.8 Å². The number of hydrogen-bond donors (Lipinski definition) is 1. The first kappa shape index (κ1) is 14.3. The molecule has 2 heterocycles. The summed E-state index contributed by atoms with van der Waals surface area (Å²) in [5, 5.41) is 9.43. The first-order chi connectivity index (χ1) is 9.06. The van der Waals surface area contributed by atoms with Crippen molar-refractivity contribution in [3.63, 3.8) is 0 Å². The minimum absolute atomic E-state index is 0.0279. The van der Waals surface area contributed by atoms with Gasteiger partial charge in [-0.3, -0.25) is 9.78 Å². The van der Waals surface area contributed by atoms with Gasteiger partial charge >= 0.3 is 5.97 Å². The Hall–Kier alpha value is -1.11. The number of halogens is 1. The van der Waals surface area contributed by atoms with Crippen molar-refractivity contribution in [2.75, 3.05) is 0 Å². The Morgan fingerprint density at radius 3 is 3.05 bits per heavy atom. The van der Waals surface area contributed by atoms with Gasteiger partial charge in [-0.25, -0.2) is 4.98 Å². The lowest BCUT2D eigenvalue weighted by Gasteiger charge is -2.00. The first-order valence-corrected chi connectivity index (χ1v) is 7.63. The highest BCUT2D eigenvalue weighted by Crippen LogP contribution is 2.31. The predicted molar refractivity (Wildman–Crippen MR) is 77.0 cm³/mol. The quantitative estimate of drug-likeness (QED) is 0.857. The van der Waals surface area contributed by atoms with Crippen molar-refractivity contribution in [1.29, 1.82) is 0 Å². The third-order valence-electron chi connectivity index (χ3n) is 2.39. The fraction of sp³-hybridized carbons (Fsp3) is 0.250. The molecule has 100 valence electrons. The van der Waals surface area contributed by atoms with E-state index in [9.17, 15) is 4.79 Å². The topological polar surface area (TPSA) is 63.1 Å². The SMILES string of the molecule is Cc1nc(SCc2ccncc2Cl)sc1CC(=O)O. The van der Waals surface area contributed by atoms with E-state index in [1.54, 1.807) is 24.2 Å². The maximum Gasteiger partial charge on any atom is 0.308 e. The van der Waals surface area contributed by atoms with Crippen molar-refractivity contribution < 1.29 is 9.90 Å². The number of pyridine rings is 1. The van der Waals surface area contributed by atoms with Crippen LogP contribution in [0.3, 0.4) is 0 Å². The normalized spacial score (nSPS) is 10.6. The van der Waals surface area contributed by atoms with Crippen molar-refractivity contribution in [1.82, 2.24) is 9.97 Å². The van der Waals surface area contributed by atoms with Crippen LogP contribution in [-0.4, -0.2) is 21.0 Å². The van der Waals surface area contributed by atoms with E-state index in [0.717, 1.165) is 20.5 Å². The monoisotopic (exact) mass is 314 g/mol. The van der Waals surface area contributed by atoms with Gasteiger partial charge in [0.05, 0.1) is 17.1 Å². The second-order valence-electron chi connectivity index (χ2n) is 3.81. The lowest BCUT2D eigenvalue weighted by Crippen LogP contribution is -1.99. The third kappa shape index (κ3) is 3.92. The molecular formula is C12H11ClN2O2S2. The molecule has 0 bridgehead atoms. The Morgan fingerprint density at radius 2 is 2.37 bits per heavy atom. The van der Waals surface area contributed by atoms with Gasteiger partial charge in [-0.2, -0.15) is 0 Å². The Bertz CT molecular complexity index is 601. The molecule has 0 unspecified atom stereocenters. The van der Waals surface area contributed by atoms with Gasteiger partial charge in [-0.1, -0.05) is 23.4 Å². The van der Waals surface area contributed by atoms with Gasteiger partial charge < -0.3 is 5.11 Å². The number of aryl methyl sites for hydroxylation is 1. The summed E-state index contributed by atoms with van der Waals surface area (Å²) < 4.78 is 0.863. The van der Waals surface area contributed by atoms with Gasteiger partial charge in [0, 0.05) is 23.0 Å². The average Bonchev–Trinajstić information content (AvgIpc) is 2.68. The molecule has 0 atom stereocenters. The van der Waals surface area contributed by atoms with Gasteiger partial charge in [-0.05, 0) is 18.6 Å². The molecule has 0 radical (unpaired) electrons. The number of carboxylic acids is 1. The van der Waals surface area contributed by atoms with Crippen molar-refractivity contribution in [2.24, 2.45) is 0 Å². The van der Waals surface area contributed by atoms with E-state index in [1.165, 1.54) is 11.3 Å². The first-order valence-electron chi connectivity index (χ1n) is 5.45. The van der Waals surface area contributed by atoms with Crippen LogP contribution in [-0.2, 0) is 17.0 Å². The maximum absolute atomic E-state index is 10.7. The smallest absolute Gasteiger partial charge is 0.308 e. The minimum Gasteiger partial charge on any atom is -0.481 e. The molecule has 0 amide bonds. The van der Waals surface area contributed by atoms with Crippen LogP contribution < -0.4 is 0 Å². The van der Waals surface area contributed by atoms with Crippen LogP contribution in [0.5, 0.6) is 0 Å². The highest BCUT2D eigenvalue weighted by molar-refractivity contribution is 8.00. The highest BCUT2D eigenvalue weighted by Gasteiger charge is 2.11. The Kier molecular flexibility index (Phi) is 4.79. The Morgan fingerprint density at radius 1 is 1.58 bits per heavy atom. The van der Waals surface area contributed by atoms with Crippen LogP contribution in [0.1, 0.15) is 16.1 Å². The lowest BCUT2D eigenvalue weighted by molar-refractivity contribution is -0.136. The average molecular weight is 315 g/mol. The third-order valence-corrected chi connectivity index (χ3v) is 5.08. The Labute approximate surface area is 123 Å². The summed E-state index contributed by atoms with van der Waals surface area (Å²) in [7, 11) is 0. The summed E-state index contributed by atoms with van der Waals surface area (Å²) in [5.41, 5.74) is 1.78. The van der Waals surface area contributed by atoms with Gasteiger partial charge in [0.25, 0.3) is 0 Å². The molecule has 0 aliphatic heterocycles. The predicted octanol–water partition coefficient (Wildman–Crippen LogP) is 3.42. The van der Waals surface area contributed by atoms with Crippen LogP contribution in [0.25, 0.3) is 0 Å². The number of aromatic nitrogens is 2. The number of carboxylic acid groups (broad SMARTS) is 1. The molecule has 0 aromatic carbocycles. The summed E-state index contributed by atoms with van der Waals surface area (Å²) in [6.07, 6.45) is 3.34. The Balaban J connectivity index is 2.04. The van der Waals surface area contributed by atoms with E-state index in [4.69, 9.17) is 16.7 Å². The van der Waals surface area contributed by atoms with Crippen LogP contribution in [0.2, 0.25) is 5.02 Å². The molecule has 2 aromatic heterocycles. The number of hydrogen-bond acceptors (Lipinski definition) is 5. The number of rotatable bonds is 5. The van der Waals surface area contributed by atoms with Gasteiger partial charge in [0.2, 0.25) is 0 Å². The summed E-state index contributed by atoms with van der Waals surface area (Å²) >= 11 is 9.00. The summed E-state index contributed by atoms with van der Waals surface area (Å²) in [6.45, 7) is 1.83. The van der Waals surface area contributed by atoms with Gasteiger partial charge in [0.1, 0.15) is 0 Å². The zero-order valence-corrected chi connectivity index (χ0v) is 12.5. The zero-order chi connectivity index (χ0) is 13.8.